The topological polar surface area (TPSA) is 309 Å². The predicted molar refractivity (Wildman–Crippen MR) is 277 cm³/mol. The molecule has 2 aromatic rings. The predicted octanol–water partition coefficient (Wildman–Crippen LogP) is 0.321. The van der Waals surface area contributed by atoms with Gasteiger partial charge in [-0.3, -0.25) is 53.0 Å². The van der Waals surface area contributed by atoms with Crippen LogP contribution in [0.25, 0.3) is 0 Å². The van der Waals surface area contributed by atoms with Gasteiger partial charge in [0.2, 0.25) is 47.1 Å². The normalized spacial score (nSPS) is 24.1. The third-order valence-electron chi connectivity index (χ3n) is 15.1. The Morgan fingerprint density at radius 3 is 2.25 bits per heavy atom. The molecule has 0 spiro atoms. The molecule has 8 rings (SSSR count). The first kappa shape index (κ1) is 58.5. The monoisotopic (exact) mass is 1090 g/mol. The number of carbonyl (C=O) groups excluding carboxylic acids is 9. The molecule has 2 aromatic carbocycles. The molecule has 4 fully saturated rings. The highest BCUT2D eigenvalue weighted by Gasteiger charge is 2.43. The summed E-state index contributed by atoms with van der Waals surface area (Å²) in [6.07, 6.45) is 2.64. The van der Waals surface area contributed by atoms with E-state index in [1.807, 2.05) is 20.8 Å². The van der Waals surface area contributed by atoms with Gasteiger partial charge in [-0.25, -0.2) is 0 Å². The number of carbonyl (C=O) groups is 9. The number of ether oxygens (including phenoxy) is 4. The molecule has 6 unspecified atom stereocenters. The van der Waals surface area contributed by atoms with Gasteiger partial charge in [0.05, 0.1) is 61.0 Å². The van der Waals surface area contributed by atoms with E-state index >= 15 is 0 Å². The van der Waals surface area contributed by atoms with Crippen LogP contribution < -0.4 is 26.0 Å². The first-order valence-corrected chi connectivity index (χ1v) is 27.3. The molecule has 4 heterocycles. The first-order valence-electron chi connectivity index (χ1n) is 26.3. The number of nitrogens with one attached hydrogen (secondary N) is 4. The number of nitrogens with zero attached hydrogens (tertiary/aromatic N) is 3. The summed E-state index contributed by atoms with van der Waals surface area (Å²) in [6, 6.07) is 3.85. The van der Waals surface area contributed by atoms with Crippen molar-refractivity contribution >= 4 is 64.7 Å². The van der Waals surface area contributed by atoms with Crippen molar-refractivity contribution in [2.45, 2.75) is 120 Å². The second kappa shape index (κ2) is 26.4. The molecule has 2 aliphatic carbocycles. The minimum atomic E-state index is -0.845. The minimum absolute atomic E-state index is 0.00151. The zero-order valence-corrected chi connectivity index (χ0v) is 45.0. The molecule has 24 heteroatoms. The van der Waals surface area contributed by atoms with Crippen LogP contribution in [0.1, 0.15) is 109 Å². The number of fused-ring (bicyclic) bond motifs is 3. The number of thioether (sulfide) groups is 1. The molecule has 77 heavy (non-hydrogen) atoms. The van der Waals surface area contributed by atoms with Crippen LogP contribution in [0.3, 0.4) is 0 Å². The zero-order chi connectivity index (χ0) is 55.7. The summed E-state index contributed by atoms with van der Waals surface area (Å²) in [4.78, 5) is 120. The maximum atomic E-state index is 13.5. The summed E-state index contributed by atoms with van der Waals surface area (Å²) >= 11 is 1.48. The van der Waals surface area contributed by atoms with Gasteiger partial charge in [0, 0.05) is 99.7 Å². The molecule has 7 amide bonds. The third-order valence-corrected chi connectivity index (χ3v) is 16.8. The Balaban J connectivity index is 0.000000457. The number of methoxy groups -OCH3 is 2. The lowest BCUT2D eigenvalue weighted by atomic mass is 9.75. The number of phenols is 2. The maximum Gasteiger partial charge on any atom is 0.245 e. The second-order valence-corrected chi connectivity index (χ2v) is 21.3. The fraction of sp³-hybridized carbons (Fsp3) is 0.604. The number of aromatic hydroxyl groups is 2. The molecule has 0 radical (unpaired) electrons. The quantitative estimate of drug-likeness (QED) is 0.0628. The highest BCUT2D eigenvalue weighted by atomic mass is 32.2. The SMILES string of the molecule is CCC(CC)SC1CC(=O)N(CCC(=O)NCC(=O)NCC(=O)NC2CCN(CCNC(=O)[C@H]3CCc4c(O)c5c(c(O)c4C3)C(=O)c3cccc(OC)c3C5=O)C2=O)C1=O.COC1CN(C2CCOC(C)C2O)CCO1. The molecular formula is C53H71N7O16S. The average molecular weight is 1090 g/mol. The molecule has 7 N–H and O–H groups in total. The van der Waals surface area contributed by atoms with Crippen LogP contribution in [-0.4, -0.2) is 204 Å². The number of amides is 7. The van der Waals surface area contributed by atoms with Gasteiger partial charge in [0.1, 0.15) is 23.3 Å². The number of phenolic OH excluding ortho intramolecular Hbond substituents is 2. The number of benzene rings is 2. The molecule has 0 saturated carbocycles. The molecule has 0 bridgehead atoms. The van der Waals surface area contributed by atoms with Crippen LogP contribution in [0, 0.1) is 5.92 Å². The van der Waals surface area contributed by atoms with Crippen molar-refractivity contribution in [2.24, 2.45) is 5.92 Å². The molecule has 23 nitrogen and oxygen atoms in total. The molecule has 420 valence electrons. The van der Waals surface area contributed by atoms with Crippen molar-refractivity contribution in [3.05, 3.63) is 51.6 Å². The number of aliphatic hydroxyl groups excluding tert-OH is 1. The van der Waals surface area contributed by atoms with Gasteiger partial charge in [-0.2, -0.15) is 0 Å². The fourth-order valence-corrected chi connectivity index (χ4v) is 12.0. The number of imide groups is 1. The minimum Gasteiger partial charge on any atom is -0.507 e. The van der Waals surface area contributed by atoms with Gasteiger partial charge < -0.3 is 60.4 Å². The lowest BCUT2D eigenvalue weighted by molar-refractivity contribution is -0.190. The Hall–Kier alpha value is -6.18. The Kier molecular flexibility index (Phi) is 20.1. The summed E-state index contributed by atoms with van der Waals surface area (Å²) in [7, 11) is 3.01. The Morgan fingerprint density at radius 1 is 0.805 bits per heavy atom. The van der Waals surface area contributed by atoms with E-state index in [2.05, 4.69) is 26.2 Å². The fourth-order valence-electron chi connectivity index (χ4n) is 10.7. The number of rotatable bonds is 19. The van der Waals surface area contributed by atoms with Crippen LogP contribution in [0.15, 0.2) is 18.2 Å². The Labute approximate surface area is 450 Å². The van der Waals surface area contributed by atoms with E-state index in [0.29, 0.717) is 25.1 Å². The van der Waals surface area contributed by atoms with E-state index in [0.717, 1.165) is 43.9 Å². The Morgan fingerprint density at radius 2 is 1.52 bits per heavy atom. The number of aliphatic hydroxyl groups is 1. The summed E-state index contributed by atoms with van der Waals surface area (Å²) < 4.78 is 21.3. The van der Waals surface area contributed by atoms with Crippen molar-refractivity contribution in [3.8, 4) is 17.2 Å². The van der Waals surface area contributed by atoms with Crippen molar-refractivity contribution in [1.29, 1.82) is 0 Å². The number of hydrogen-bond donors (Lipinski definition) is 7. The van der Waals surface area contributed by atoms with Gasteiger partial charge in [-0.1, -0.05) is 26.0 Å². The molecule has 4 saturated heterocycles. The van der Waals surface area contributed by atoms with Gasteiger partial charge in [0.15, 0.2) is 12.1 Å². The zero-order valence-electron chi connectivity index (χ0n) is 44.2. The van der Waals surface area contributed by atoms with Crippen LogP contribution in [-0.2, 0) is 60.6 Å². The molecule has 6 aliphatic rings. The maximum absolute atomic E-state index is 13.5. The standard InChI is InChI=1S/C42H50N6O12S.C11H21NO4/c1-4-22(5-2)61-28-18-32(52)48(42(28)59)15-12-29(49)44-19-30(50)45-20-31(51)46-26-11-14-47(41(26)58)16-13-43-40(57)21-9-10-23-25(17-21)38(55)34-35(36(23)53)39(56)33-24(37(34)54)7-6-8-27(33)60-3;1-8-11(13)9(3-5-15-8)12-4-6-16-10(7-12)14-2/h6-8,21-22,26,28,53,55H,4-5,9-20H2,1-3H3,(H,43,57)(H,44,49)(H,45,50)(H,46,51);8-11,13H,3-7H2,1-2H3/t21-,26?,28?;/m0./s1. The van der Waals surface area contributed by atoms with Crippen molar-refractivity contribution in [2.75, 3.05) is 79.8 Å². The van der Waals surface area contributed by atoms with E-state index in [1.165, 1.54) is 35.9 Å². The van der Waals surface area contributed by atoms with Crippen LogP contribution in [0.5, 0.6) is 17.2 Å². The smallest absolute Gasteiger partial charge is 0.245 e. The lowest BCUT2D eigenvalue weighted by Crippen LogP contribution is -2.57. The molecule has 7 atom stereocenters. The van der Waals surface area contributed by atoms with E-state index in [1.54, 1.807) is 13.2 Å². The highest BCUT2D eigenvalue weighted by Crippen LogP contribution is 2.47. The summed E-state index contributed by atoms with van der Waals surface area (Å²) in [5.74, 6) is -5.80. The van der Waals surface area contributed by atoms with Crippen LogP contribution in [0.4, 0.5) is 0 Å². The third kappa shape index (κ3) is 13.4. The summed E-state index contributed by atoms with van der Waals surface area (Å²) in [6.45, 7) is 8.50. The largest absolute Gasteiger partial charge is 0.507 e. The Bertz CT molecular complexity index is 2600. The van der Waals surface area contributed by atoms with Crippen LogP contribution >= 0.6 is 11.8 Å². The van der Waals surface area contributed by atoms with Gasteiger partial charge >= 0.3 is 0 Å². The van der Waals surface area contributed by atoms with E-state index in [-0.39, 0.29) is 133 Å². The first-order chi connectivity index (χ1) is 36.9. The number of likely N-dealkylation sites (tertiary alicyclic amines) is 2. The number of ketones is 2. The molecule has 0 aromatic heterocycles. The average Bonchev–Trinajstić information content (AvgIpc) is 3.91. The van der Waals surface area contributed by atoms with E-state index in [4.69, 9.17) is 18.9 Å². The number of hydrogen-bond acceptors (Lipinski definition) is 18. The van der Waals surface area contributed by atoms with E-state index in [9.17, 15) is 58.5 Å². The molecule has 4 aliphatic heterocycles. The summed E-state index contributed by atoms with van der Waals surface area (Å²) in [5.41, 5.74) is -0.0500. The summed E-state index contributed by atoms with van der Waals surface area (Å²) in [5, 5.41) is 42.6. The van der Waals surface area contributed by atoms with Crippen molar-refractivity contribution in [1.82, 2.24) is 36.0 Å². The number of morpholine rings is 1. The van der Waals surface area contributed by atoms with Gasteiger partial charge in [-0.15, -0.1) is 11.8 Å². The second-order valence-electron chi connectivity index (χ2n) is 19.8. The van der Waals surface area contributed by atoms with Crippen molar-refractivity contribution < 1.29 is 77.4 Å². The van der Waals surface area contributed by atoms with Crippen molar-refractivity contribution in [3.63, 3.8) is 0 Å². The van der Waals surface area contributed by atoms with Gasteiger partial charge in [0.25, 0.3) is 0 Å². The lowest BCUT2D eigenvalue weighted by Gasteiger charge is -2.43. The molecular weight excluding hydrogens is 1020 g/mol. The van der Waals surface area contributed by atoms with Crippen LogP contribution in [0.2, 0.25) is 0 Å². The highest BCUT2D eigenvalue weighted by molar-refractivity contribution is 8.01. The van der Waals surface area contributed by atoms with Gasteiger partial charge in [-0.05, 0) is 57.9 Å². The van der Waals surface area contributed by atoms with E-state index < -0.39 is 77.2 Å².